The van der Waals surface area contributed by atoms with Crippen LogP contribution >= 0.6 is 15.9 Å². The van der Waals surface area contributed by atoms with Crippen molar-refractivity contribution in [2.75, 3.05) is 31.3 Å². The third-order valence-electron chi connectivity index (χ3n) is 7.68. The van der Waals surface area contributed by atoms with E-state index in [9.17, 15) is 12.8 Å². The molecule has 3 heterocycles. The third-order valence-corrected chi connectivity index (χ3v) is 9.92. The van der Waals surface area contributed by atoms with Crippen LogP contribution < -0.4 is 20.1 Å². The predicted octanol–water partition coefficient (Wildman–Crippen LogP) is 6.45. The van der Waals surface area contributed by atoms with Crippen LogP contribution in [0.3, 0.4) is 0 Å². The van der Waals surface area contributed by atoms with Gasteiger partial charge in [0.1, 0.15) is 36.1 Å². The predicted molar refractivity (Wildman–Crippen MR) is 180 cm³/mol. The molecule has 2 aromatic heterocycles. The van der Waals surface area contributed by atoms with Crippen molar-refractivity contribution in [3.63, 3.8) is 0 Å². The SMILES string of the molecule is COc1cc2ncnc(Nc3ccc(OCc4cccc(F)c4)c(Br)c3)c2cc1C1(CNCCS(=O)(=O)c2ccccn2)CC=CO1. The van der Waals surface area contributed by atoms with Crippen LogP contribution in [0.4, 0.5) is 15.9 Å². The molecule has 0 spiro atoms. The summed E-state index contributed by atoms with van der Waals surface area (Å²) in [4.78, 5) is 13.0. The van der Waals surface area contributed by atoms with E-state index in [0.717, 1.165) is 22.2 Å². The van der Waals surface area contributed by atoms with Gasteiger partial charge >= 0.3 is 0 Å². The minimum atomic E-state index is -3.55. The summed E-state index contributed by atoms with van der Waals surface area (Å²) in [6, 6.07) is 20.4. The number of hydrogen-bond donors (Lipinski definition) is 2. The molecule has 1 aliphatic rings. The molecule has 5 aromatic rings. The number of fused-ring (bicyclic) bond motifs is 1. The van der Waals surface area contributed by atoms with Crippen LogP contribution in [0.25, 0.3) is 10.9 Å². The van der Waals surface area contributed by atoms with Crippen molar-refractivity contribution in [2.24, 2.45) is 0 Å². The molecule has 10 nitrogen and oxygen atoms in total. The Morgan fingerprint density at radius 3 is 2.66 bits per heavy atom. The highest BCUT2D eigenvalue weighted by molar-refractivity contribution is 9.10. The lowest BCUT2D eigenvalue weighted by atomic mass is 9.89. The van der Waals surface area contributed by atoms with Gasteiger partial charge in [0.2, 0.25) is 0 Å². The Labute approximate surface area is 280 Å². The van der Waals surface area contributed by atoms with E-state index in [0.29, 0.717) is 40.3 Å². The van der Waals surface area contributed by atoms with Crippen LogP contribution in [-0.4, -0.2) is 49.3 Å². The number of nitrogens with zero attached hydrogens (tertiary/aromatic N) is 3. The summed E-state index contributed by atoms with van der Waals surface area (Å²) in [6.07, 6.45) is 7.04. The van der Waals surface area contributed by atoms with Crippen molar-refractivity contribution in [1.29, 1.82) is 0 Å². The summed E-state index contributed by atoms with van der Waals surface area (Å²) in [5.74, 6) is 1.32. The summed E-state index contributed by atoms with van der Waals surface area (Å²) >= 11 is 3.58. The highest BCUT2D eigenvalue weighted by atomic mass is 79.9. The Morgan fingerprint density at radius 2 is 1.91 bits per heavy atom. The van der Waals surface area contributed by atoms with Crippen molar-refractivity contribution >= 4 is 48.2 Å². The fraction of sp³-hybridized carbons (Fsp3) is 0.206. The number of rotatable bonds is 13. The van der Waals surface area contributed by atoms with E-state index < -0.39 is 15.4 Å². The van der Waals surface area contributed by atoms with Gasteiger partial charge in [-0.15, -0.1) is 0 Å². The molecular formula is C34H31BrFN5O5S. The molecular weight excluding hydrogens is 689 g/mol. The van der Waals surface area contributed by atoms with Crippen molar-refractivity contribution < 1.29 is 27.0 Å². The van der Waals surface area contributed by atoms with Crippen LogP contribution in [0.5, 0.6) is 11.5 Å². The lowest BCUT2D eigenvalue weighted by Crippen LogP contribution is -2.39. The van der Waals surface area contributed by atoms with Gasteiger partial charge in [-0.2, -0.15) is 0 Å². The van der Waals surface area contributed by atoms with E-state index in [-0.39, 0.29) is 29.7 Å². The number of methoxy groups -OCH3 is 1. The fourth-order valence-electron chi connectivity index (χ4n) is 5.31. The summed E-state index contributed by atoms with van der Waals surface area (Å²) in [6.45, 7) is 0.741. The minimum Gasteiger partial charge on any atom is -0.496 e. The molecule has 47 heavy (non-hydrogen) atoms. The first kappa shape index (κ1) is 32.4. The molecule has 0 saturated heterocycles. The molecule has 0 fully saturated rings. The Kier molecular flexibility index (Phi) is 9.66. The number of ether oxygens (including phenoxy) is 3. The van der Waals surface area contributed by atoms with Gasteiger partial charge in [-0.05, 0) is 76.1 Å². The van der Waals surface area contributed by atoms with Crippen molar-refractivity contribution in [3.8, 4) is 11.5 Å². The monoisotopic (exact) mass is 719 g/mol. The van der Waals surface area contributed by atoms with Crippen LogP contribution in [-0.2, 0) is 26.8 Å². The van der Waals surface area contributed by atoms with E-state index in [1.165, 1.54) is 30.7 Å². The summed E-state index contributed by atoms with van der Waals surface area (Å²) < 4.78 is 57.6. The first-order valence-corrected chi connectivity index (χ1v) is 17.2. The van der Waals surface area contributed by atoms with Crippen molar-refractivity contribution in [2.45, 2.75) is 23.7 Å². The van der Waals surface area contributed by atoms with Crippen molar-refractivity contribution in [3.05, 3.63) is 119 Å². The second kappa shape index (κ2) is 14.0. The molecule has 242 valence electrons. The zero-order chi connectivity index (χ0) is 32.9. The molecule has 1 unspecified atom stereocenters. The topological polar surface area (TPSA) is 125 Å². The number of halogens is 2. The zero-order valence-corrected chi connectivity index (χ0v) is 27.7. The van der Waals surface area contributed by atoms with Crippen LogP contribution in [0.15, 0.2) is 107 Å². The summed E-state index contributed by atoms with van der Waals surface area (Å²) in [5.41, 5.74) is 2.04. The van der Waals surface area contributed by atoms with Crippen LogP contribution in [0.1, 0.15) is 17.5 Å². The Morgan fingerprint density at radius 1 is 1.02 bits per heavy atom. The second-order valence-electron chi connectivity index (χ2n) is 10.8. The largest absolute Gasteiger partial charge is 0.496 e. The van der Waals surface area contributed by atoms with Gasteiger partial charge in [-0.25, -0.2) is 27.8 Å². The molecule has 2 N–H and O–H groups in total. The van der Waals surface area contributed by atoms with Crippen LogP contribution in [0.2, 0.25) is 0 Å². The molecule has 3 aromatic carbocycles. The Bertz CT molecular complexity index is 2020. The van der Waals surface area contributed by atoms with Gasteiger partial charge in [0.15, 0.2) is 20.5 Å². The quantitative estimate of drug-likeness (QED) is 0.131. The fourth-order valence-corrected chi connectivity index (χ4v) is 6.93. The van der Waals surface area contributed by atoms with Gasteiger partial charge in [-0.1, -0.05) is 18.2 Å². The maximum Gasteiger partial charge on any atom is 0.196 e. The number of aromatic nitrogens is 3. The number of anilines is 2. The number of nitrogens with one attached hydrogen (secondary N) is 2. The van der Waals surface area contributed by atoms with Gasteiger partial charge < -0.3 is 24.8 Å². The molecule has 1 atom stereocenters. The normalized spacial score (nSPS) is 15.8. The van der Waals surface area contributed by atoms with E-state index in [2.05, 4.69) is 41.5 Å². The van der Waals surface area contributed by atoms with E-state index in [1.54, 1.807) is 37.6 Å². The third kappa shape index (κ3) is 7.37. The molecule has 6 rings (SSSR count). The van der Waals surface area contributed by atoms with E-state index in [1.807, 2.05) is 36.4 Å². The lowest BCUT2D eigenvalue weighted by Gasteiger charge is -2.31. The Hall–Kier alpha value is -4.59. The number of hydrogen-bond acceptors (Lipinski definition) is 10. The lowest BCUT2D eigenvalue weighted by molar-refractivity contribution is 0.0396. The maximum atomic E-state index is 13.6. The number of sulfone groups is 1. The standard InChI is InChI=1S/C34H31BrFN5O5S/c1-44-31-19-29-26(18-27(31)34(11-5-14-46-34)21-37-13-15-47(42,43)32-8-2-3-12-38-32)33(40-22-39-29)41-25-9-10-30(28(35)17-25)45-20-23-6-4-7-24(36)16-23/h2-10,12,14,16-19,22,37H,11,13,15,20-21H2,1H3,(H,39,40,41). The molecule has 0 bridgehead atoms. The zero-order valence-electron chi connectivity index (χ0n) is 25.3. The smallest absolute Gasteiger partial charge is 0.196 e. The minimum absolute atomic E-state index is 0.0459. The van der Waals surface area contributed by atoms with Crippen LogP contribution in [0, 0.1) is 5.82 Å². The molecule has 13 heteroatoms. The first-order chi connectivity index (χ1) is 22.8. The van der Waals surface area contributed by atoms with Crippen molar-refractivity contribution in [1.82, 2.24) is 20.3 Å². The number of benzene rings is 3. The molecule has 0 saturated carbocycles. The number of pyridine rings is 1. The summed E-state index contributed by atoms with van der Waals surface area (Å²) in [5, 5.41) is 7.43. The Balaban J connectivity index is 1.22. The average molecular weight is 721 g/mol. The highest BCUT2D eigenvalue weighted by Gasteiger charge is 2.38. The van der Waals surface area contributed by atoms with Gasteiger partial charge in [0, 0.05) is 48.4 Å². The first-order valence-electron chi connectivity index (χ1n) is 14.7. The molecule has 0 radical (unpaired) electrons. The van der Waals surface area contributed by atoms with Gasteiger partial charge in [-0.3, -0.25) is 0 Å². The average Bonchev–Trinajstić information content (AvgIpc) is 3.56. The van der Waals surface area contributed by atoms with E-state index in [4.69, 9.17) is 14.2 Å². The molecule has 0 aliphatic carbocycles. The highest BCUT2D eigenvalue weighted by Crippen LogP contribution is 2.42. The molecule has 1 aliphatic heterocycles. The second-order valence-corrected chi connectivity index (χ2v) is 13.7. The van der Waals surface area contributed by atoms with Gasteiger partial charge in [0.25, 0.3) is 0 Å². The maximum absolute atomic E-state index is 13.6. The summed E-state index contributed by atoms with van der Waals surface area (Å²) in [7, 11) is -1.96. The van der Waals surface area contributed by atoms with E-state index >= 15 is 0 Å². The molecule has 0 amide bonds. The van der Waals surface area contributed by atoms with Gasteiger partial charge in [0.05, 0.1) is 29.1 Å².